The van der Waals surface area contributed by atoms with Crippen LogP contribution >= 0.6 is 0 Å². The molecule has 0 aliphatic rings. The molecule has 18 heavy (non-hydrogen) atoms. The van der Waals surface area contributed by atoms with Crippen molar-refractivity contribution in [2.24, 2.45) is 0 Å². The van der Waals surface area contributed by atoms with Gasteiger partial charge in [0.25, 0.3) is 0 Å². The molecule has 1 aromatic rings. The van der Waals surface area contributed by atoms with Crippen molar-refractivity contribution in [1.29, 1.82) is 0 Å². The second-order valence-electron chi connectivity index (χ2n) is 4.98. The zero-order chi connectivity index (χ0) is 13.5. The van der Waals surface area contributed by atoms with Gasteiger partial charge >= 0.3 is 0 Å². The zero-order valence-corrected chi connectivity index (χ0v) is 12.0. The molecule has 0 radical (unpaired) electrons. The predicted octanol–water partition coefficient (Wildman–Crippen LogP) is 3.55. The van der Waals surface area contributed by atoms with Crippen LogP contribution in [0.3, 0.4) is 0 Å². The van der Waals surface area contributed by atoms with Crippen LogP contribution in [-0.4, -0.2) is 19.3 Å². The number of hydrogen-bond donors (Lipinski definition) is 1. The van der Waals surface area contributed by atoms with Crippen LogP contribution in [0.4, 0.5) is 0 Å². The first-order valence-electron chi connectivity index (χ1n) is 6.57. The van der Waals surface area contributed by atoms with Gasteiger partial charge in [-0.3, -0.25) is 0 Å². The second-order valence-corrected chi connectivity index (χ2v) is 4.98. The first-order valence-corrected chi connectivity index (χ1v) is 6.57. The number of nitrogens with one attached hydrogen (secondary N) is 1. The molecule has 0 saturated carbocycles. The molecule has 0 aromatic heterocycles. The van der Waals surface area contributed by atoms with Gasteiger partial charge in [-0.2, -0.15) is 0 Å². The van der Waals surface area contributed by atoms with E-state index in [1.54, 1.807) is 6.08 Å². The van der Waals surface area contributed by atoms with Crippen LogP contribution in [0.15, 0.2) is 30.9 Å². The fraction of sp³-hybridized carbons (Fsp3) is 0.500. The van der Waals surface area contributed by atoms with Crippen LogP contribution in [0, 0.1) is 13.8 Å². The maximum absolute atomic E-state index is 5.54. The highest BCUT2D eigenvalue weighted by Crippen LogP contribution is 2.16. The summed E-state index contributed by atoms with van der Waals surface area (Å²) < 4.78 is 5.54. The Morgan fingerprint density at radius 3 is 2.39 bits per heavy atom. The van der Waals surface area contributed by atoms with E-state index in [1.807, 2.05) is 0 Å². The average Bonchev–Trinajstić information content (AvgIpc) is 2.32. The summed E-state index contributed by atoms with van der Waals surface area (Å²) in [7, 11) is 0. The van der Waals surface area contributed by atoms with Gasteiger partial charge in [0.2, 0.25) is 0 Å². The summed E-state index contributed by atoms with van der Waals surface area (Å²) in [6.45, 7) is 13.6. The molecule has 2 heteroatoms. The van der Waals surface area contributed by atoms with Crippen molar-refractivity contribution in [2.45, 2.75) is 39.8 Å². The zero-order valence-electron chi connectivity index (χ0n) is 12.0. The number of hydrogen-bond acceptors (Lipinski definition) is 2. The smallest absolute Gasteiger partial charge is 0.0675 e. The molecule has 0 aliphatic carbocycles. The van der Waals surface area contributed by atoms with E-state index >= 15 is 0 Å². The highest BCUT2D eigenvalue weighted by Gasteiger charge is 2.08. The van der Waals surface area contributed by atoms with Crippen LogP contribution in [0.5, 0.6) is 0 Å². The molecule has 1 rings (SSSR count). The van der Waals surface area contributed by atoms with E-state index in [-0.39, 0.29) is 6.10 Å². The highest BCUT2D eigenvalue weighted by molar-refractivity contribution is 5.30. The molecule has 0 saturated heterocycles. The summed E-state index contributed by atoms with van der Waals surface area (Å²) in [5, 5.41) is 3.50. The minimum Gasteiger partial charge on any atom is -0.373 e. The maximum atomic E-state index is 5.54. The number of ether oxygens (including phenoxy) is 1. The lowest BCUT2D eigenvalue weighted by atomic mass is 10.0. The van der Waals surface area contributed by atoms with Crippen molar-refractivity contribution in [2.75, 3.05) is 13.2 Å². The molecular formula is C16H25NO. The number of aryl methyl sites for hydroxylation is 2. The van der Waals surface area contributed by atoms with Gasteiger partial charge < -0.3 is 10.1 Å². The van der Waals surface area contributed by atoms with Crippen LogP contribution in [0.25, 0.3) is 0 Å². The topological polar surface area (TPSA) is 21.3 Å². The molecule has 0 heterocycles. The van der Waals surface area contributed by atoms with Gasteiger partial charge in [-0.25, -0.2) is 0 Å². The third-order valence-corrected chi connectivity index (χ3v) is 2.95. The average molecular weight is 247 g/mol. The molecule has 0 bridgehead atoms. The molecule has 0 fully saturated rings. The number of rotatable bonds is 7. The molecule has 2 unspecified atom stereocenters. The quantitative estimate of drug-likeness (QED) is 0.744. The Balaban J connectivity index is 2.49. The van der Waals surface area contributed by atoms with Crippen molar-refractivity contribution in [3.05, 3.63) is 47.5 Å². The van der Waals surface area contributed by atoms with E-state index in [9.17, 15) is 0 Å². The van der Waals surface area contributed by atoms with Gasteiger partial charge in [0.05, 0.1) is 12.7 Å². The third kappa shape index (κ3) is 5.03. The van der Waals surface area contributed by atoms with E-state index in [4.69, 9.17) is 4.74 Å². The lowest BCUT2D eigenvalue weighted by Crippen LogP contribution is -2.29. The predicted molar refractivity (Wildman–Crippen MR) is 77.9 cm³/mol. The Kier molecular flexibility index (Phi) is 6.10. The Bertz CT molecular complexity index is 366. The monoisotopic (exact) mass is 247 g/mol. The summed E-state index contributed by atoms with van der Waals surface area (Å²) in [6, 6.07) is 7.02. The van der Waals surface area contributed by atoms with Crippen molar-refractivity contribution >= 4 is 0 Å². The van der Waals surface area contributed by atoms with E-state index in [0.29, 0.717) is 12.6 Å². The van der Waals surface area contributed by atoms with Crippen LogP contribution in [0.2, 0.25) is 0 Å². The maximum Gasteiger partial charge on any atom is 0.0675 e. The second kappa shape index (κ2) is 7.34. The third-order valence-electron chi connectivity index (χ3n) is 2.95. The first-order chi connectivity index (χ1) is 8.52. The molecule has 0 spiro atoms. The van der Waals surface area contributed by atoms with E-state index < -0.39 is 0 Å². The fourth-order valence-electron chi connectivity index (χ4n) is 2.01. The summed E-state index contributed by atoms with van der Waals surface area (Å²) in [5.74, 6) is 0. The molecule has 1 aromatic carbocycles. The molecule has 1 N–H and O–H groups in total. The summed E-state index contributed by atoms with van der Waals surface area (Å²) in [5.41, 5.74) is 3.97. The normalized spacial score (nSPS) is 14.2. The van der Waals surface area contributed by atoms with E-state index in [0.717, 1.165) is 6.54 Å². The molecule has 0 amide bonds. The van der Waals surface area contributed by atoms with E-state index in [1.165, 1.54) is 16.7 Å². The van der Waals surface area contributed by atoms with Gasteiger partial charge in [0, 0.05) is 12.6 Å². The largest absolute Gasteiger partial charge is 0.373 e. The summed E-state index contributed by atoms with van der Waals surface area (Å²) in [4.78, 5) is 0. The fourth-order valence-corrected chi connectivity index (χ4v) is 2.01. The van der Waals surface area contributed by atoms with Crippen LogP contribution in [0.1, 0.15) is 36.6 Å². The van der Waals surface area contributed by atoms with Crippen molar-refractivity contribution in [3.8, 4) is 0 Å². The minimum atomic E-state index is 0.205. The Hall–Kier alpha value is -1.12. The molecule has 100 valence electrons. The Morgan fingerprint density at radius 1 is 1.22 bits per heavy atom. The summed E-state index contributed by atoms with van der Waals surface area (Å²) in [6.07, 6.45) is 1.99. The van der Waals surface area contributed by atoms with Crippen LogP contribution < -0.4 is 5.32 Å². The van der Waals surface area contributed by atoms with Crippen molar-refractivity contribution in [3.63, 3.8) is 0 Å². The van der Waals surface area contributed by atoms with Gasteiger partial charge in [-0.05, 0) is 33.3 Å². The van der Waals surface area contributed by atoms with Gasteiger partial charge in [0.1, 0.15) is 0 Å². The van der Waals surface area contributed by atoms with Gasteiger partial charge in [-0.1, -0.05) is 35.4 Å². The summed E-state index contributed by atoms with van der Waals surface area (Å²) >= 11 is 0. The Morgan fingerprint density at radius 2 is 1.83 bits per heavy atom. The molecule has 2 atom stereocenters. The van der Waals surface area contributed by atoms with Crippen LogP contribution in [-0.2, 0) is 4.74 Å². The number of benzene rings is 1. The van der Waals surface area contributed by atoms with Crippen molar-refractivity contribution < 1.29 is 4.74 Å². The molecule has 2 nitrogen and oxygen atoms in total. The standard InChI is InChI=1S/C16H25NO/c1-6-7-18-14(4)11-17-15(5)16-9-12(2)8-13(3)10-16/h6,8-10,14-15,17H,1,7,11H2,2-5H3. The van der Waals surface area contributed by atoms with Crippen molar-refractivity contribution in [1.82, 2.24) is 5.32 Å². The SMILES string of the molecule is C=CCOC(C)CNC(C)c1cc(C)cc(C)c1. The van der Waals surface area contributed by atoms with E-state index in [2.05, 4.69) is 57.8 Å². The highest BCUT2D eigenvalue weighted by atomic mass is 16.5. The van der Waals surface area contributed by atoms with Gasteiger partial charge in [-0.15, -0.1) is 6.58 Å². The lowest BCUT2D eigenvalue weighted by Gasteiger charge is -2.19. The molecule has 0 aliphatic heterocycles. The minimum absolute atomic E-state index is 0.205. The lowest BCUT2D eigenvalue weighted by molar-refractivity contribution is 0.0860. The molecular weight excluding hydrogens is 222 g/mol. The first kappa shape index (κ1) is 14.9. The van der Waals surface area contributed by atoms with Gasteiger partial charge in [0.15, 0.2) is 0 Å². The Labute approximate surface area is 111 Å².